The van der Waals surface area contributed by atoms with E-state index in [1.54, 1.807) is 0 Å². The molecule has 0 radical (unpaired) electrons. The summed E-state index contributed by atoms with van der Waals surface area (Å²) in [5.41, 5.74) is 6.25. The lowest BCUT2D eigenvalue weighted by Crippen LogP contribution is -2.09. The van der Waals surface area contributed by atoms with Crippen LogP contribution in [-0.2, 0) is 19.7 Å². The van der Waals surface area contributed by atoms with Crippen molar-refractivity contribution in [1.29, 1.82) is 0 Å². The summed E-state index contributed by atoms with van der Waals surface area (Å²) in [5, 5.41) is 17.9. The summed E-state index contributed by atoms with van der Waals surface area (Å²) in [6.07, 6.45) is 4.15. The molecule has 0 bridgehead atoms. The third-order valence-electron chi connectivity index (χ3n) is 4.97. The van der Waals surface area contributed by atoms with Crippen molar-refractivity contribution < 1.29 is 5.11 Å². The van der Waals surface area contributed by atoms with Crippen molar-refractivity contribution in [2.75, 3.05) is 12.4 Å². The van der Waals surface area contributed by atoms with Crippen LogP contribution in [0.2, 0.25) is 0 Å². The highest BCUT2D eigenvalue weighted by Gasteiger charge is 2.09. The van der Waals surface area contributed by atoms with Crippen LogP contribution in [0.1, 0.15) is 22.6 Å². The molecule has 1 aromatic carbocycles. The van der Waals surface area contributed by atoms with E-state index in [4.69, 9.17) is 5.11 Å². The average molecular weight is 392 g/mol. The topological polar surface area (TPSA) is 67.9 Å². The summed E-state index contributed by atoms with van der Waals surface area (Å²) in [5.74, 6) is 0. The SMILES string of the molecule is CNc1c(C)nn(CCn2cccc2)c1C.Cc1cc(CO)c2ccccc2n1. The van der Waals surface area contributed by atoms with Crippen LogP contribution < -0.4 is 5.32 Å². The van der Waals surface area contributed by atoms with E-state index >= 15 is 0 Å². The molecule has 4 rings (SSSR count). The Bertz CT molecular complexity index is 1070. The van der Waals surface area contributed by atoms with Crippen molar-refractivity contribution >= 4 is 16.6 Å². The summed E-state index contributed by atoms with van der Waals surface area (Å²) in [6, 6.07) is 13.9. The standard InChI is InChI=1S/C12H18N4.C11H11NO/c1-10-12(13-3)11(2)16(14-10)9-8-15-6-4-5-7-15;1-8-6-9(7-13)10-4-2-3-5-11(10)12-8/h4-7,13H,8-9H2,1-3H3;2-6,13H,7H2,1H3. The second kappa shape index (κ2) is 9.39. The molecule has 0 atom stereocenters. The normalized spacial score (nSPS) is 10.7. The summed E-state index contributed by atoms with van der Waals surface area (Å²) in [4.78, 5) is 4.37. The zero-order chi connectivity index (χ0) is 20.8. The Balaban J connectivity index is 0.000000169. The van der Waals surface area contributed by atoms with Crippen LogP contribution in [0.3, 0.4) is 0 Å². The Morgan fingerprint density at radius 1 is 1.00 bits per heavy atom. The summed E-state index contributed by atoms with van der Waals surface area (Å²) >= 11 is 0. The molecule has 0 saturated carbocycles. The van der Waals surface area contributed by atoms with E-state index in [1.165, 1.54) is 5.69 Å². The fourth-order valence-corrected chi connectivity index (χ4v) is 3.53. The Labute approximate surface area is 171 Å². The Morgan fingerprint density at radius 3 is 2.38 bits per heavy atom. The van der Waals surface area contributed by atoms with Gasteiger partial charge >= 0.3 is 0 Å². The average Bonchev–Trinajstić information content (AvgIpc) is 3.33. The molecule has 4 aromatic rings. The van der Waals surface area contributed by atoms with Crippen molar-refractivity contribution in [2.45, 2.75) is 40.5 Å². The van der Waals surface area contributed by atoms with Gasteiger partial charge in [-0.15, -0.1) is 0 Å². The number of benzene rings is 1. The van der Waals surface area contributed by atoms with Crippen LogP contribution >= 0.6 is 0 Å². The number of anilines is 1. The quantitative estimate of drug-likeness (QED) is 0.538. The maximum Gasteiger partial charge on any atom is 0.0827 e. The number of nitrogens with zero attached hydrogens (tertiary/aromatic N) is 4. The van der Waals surface area contributed by atoms with E-state index in [1.807, 2.05) is 63.4 Å². The van der Waals surface area contributed by atoms with E-state index in [0.29, 0.717) is 0 Å². The summed E-state index contributed by atoms with van der Waals surface area (Å²) < 4.78 is 4.22. The van der Waals surface area contributed by atoms with Gasteiger partial charge in [-0.2, -0.15) is 5.10 Å². The minimum atomic E-state index is 0.0733. The lowest BCUT2D eigenvalue weighted by Gasteiger charge is -2.06. The lowest BCUT2D eigenvalue weighted by atomic mass is 10.1. The molecule has 6 heteroatoms. The molecule has 0 aliphatic heterocycles. The molecule has 0 unspecified atom stereocenters. The van der Waals surface area contributed by atoms with E-state index < -0.39 is 0 Å². The minimum absolute atomic E-state index is 0.0733. The second-order valence-corrected chi connectivity index (χ2v) is 7.04. The number of para-hydroxylation sites is 1. The first-order valence-corrected chi connectivity index (χ1v) is 9.82. The molecule has 29 heavy (non-hydrogen) atoms. The maximum atomic E-state index is 9.13. The van der Waals surface area contributed by atoms with Crippen molar-refractivity contribution in [2.24, 2.45) is 0 Å². The van der Waals surface area contributed by atoms with Gasteiger partial charge in [-0.3, -0.25) is 9.67 Å². The van der Waals surface area contributed by atoms with Gasteiger partial charge in [0.2, 0.25) is 0 Å². The minimum Gasteiger partial charge on any atom is -0.392 e. The van der Waals surface area contributed by atoms with E-state index in [-0.39, 0.29) is 6.61 Å². The number of hydrogen-bond acceptors (Lipinski definition) is 4. The van der Waals surface area contributed by atoms with Gasteiger partial charge in [-0.1, -0.05) is 18.2 Å². The van der Waals surface area contributed by atoms with Crippen molar-refractivity contribution in [3.63, 3.8) is 0 Å². The number of hydrogen-bond donors (Lipinski definition) is 2. The first-order valence-electron chi connectivity index (χ1n) is 9.82. The van der Waals surface area contributed by atoms with Crippen molar-refractivity contribution in [3.05, 3.63) is 77.5 Å². The van der Waals surface area contributed by atoms with Crippen molar-refractivity contribution in [3.8, 4) is 0 Å². The number of rotatable bonds is 5. The fraction of sp³-hybridized carbons (Fsp3) is 0.304. The summed E-state index contributed by atoms with van der Waals surface area (Å²) in [7, 11) is 1.94. The van der Waals surface area contributed by atoms with Crippen LogP contribution in [0.5, 0.6) is 0 Å². The van der Waals surface area contributed by atoms with Gasteiger partial charge in [0, 0.05) is 37.1 Å². The highest BCUT2D eigenvalue weighted by atomic mass is 16.3. The highest BCUT2D eigenvalue weighted by Crippen LogP contribution is 2.19. The zero-order valence-electron chi connectivity index (χ0n) is 17.6. The molecular weight excluding hydrogens is 362 g/mol. The number of pyridine rings is 1. The molecule has 0 saturated heterocycles. The zero-order valence-corrected chi connectivity index (χ0v) is 17.6. The number of aromatic nitrogens is 4. The first-order chi connectivity index (χ1) is 14.0. The largest absolute Gasteiger partial charge is 0.392 e. The molecule has 2 N–H and O–H groups in total. The first kappa shape index (κ1) is 20.6. The molecule has 0 aliphatic rings. The monoisotopic (exact) mass is 391 g/mol. The number of aliphatic hydroxyl groups excluding tert-OH is 1. The number of aliphatic hydroxyl groups is 1. The Hall–Kier alpha value is -3.12. The fourth-order valence-electron chi connectivity index (χ4n) is 3.53. The van der Waals surface area contributed by atoms with E-state index in [0.717, 1.165) is 46.6 Å². The Kier molecular flexibility index (Phi) is 6.67. The molecule has 0 spiro atoms. The van der Waals surface area contributed by atoms with Crippen LogP contribution in [0.15, 0.2) is 54.9 Å². The maximum absolute atomic E-state index is 9.13. The molecule has 6 nitrogen and oxygen atoms in total. The molecule has 0 aliphatic carbocycles. The van der Waals surface area contributed by atoms with Gasteiger partial charge in [-0.25, -0.2) is 0 Å². The van der Waals surface area contributed by atoms with Crippen LogP contribution in [0.25, 0.3) is 10.9 Å². The van der Waals surface area contributed by atoms with Crippen LogP contribution in [0.4, 0.5) is 5.69 Å². The molecule has 0 amide bonds. The van der Waals surface area contributed by atoms with Gasteiger partial charge in [0.05, 0.1) is 35.7 Å². The highest BCUT2D eigenvalue weighted by molar-refractivity contribution is 5.82. The third-order valence-corrected chi connectivity index (χ3v) is 4.97. The third kappa shape index (κ3) is 4.84. The molecule has 3 heterocycles. The van der Waals surface area contributed by atoms with Gasteiger partial charge in [0.15, 0.2) is 0 Å². The lowest BCUT2D eigenvalue weighted by molar-refractivity contribution is 0.283. The number of nitrogens with one attached hydrogen (secondary N) is 1. The van der Waals surface area contributed by atoms with Gasteiger partial charge in [-0.05, 0) is 50.6 Å². The van der Waals surface area contributed by atoms with Gasteiger partial charge in [0.25, 0.3) is 0 Å². The smallest absolute Gasteiger partial charge is 0.0827 e. The van der Waals surface area contributed by atoms with E-state index in [2.05, 4.69) is 44.0 Å². The predicted molar refractivity (Wildman–Crippen MR) is 118 cm³/mol. The van der Waals surface area contributed by atoms with Crippen molar-refractivity contribution in [1.82, 2.24) is 19.3 Å². The second-order valence-electron chi connectivity index (χ2n) is 7.04. The van der Waals surface area contributed by atoms with Gasteiger partial charge < -0.3 is 15.0 Å². The number of fused-ring (bicyclic) bond motifs is 1. The van der Waals surface area contributed by atoms with Gasteiger partial charge in [0.1, 0.15) is 0 Å². The predicted octanol–water partition coefficient (Wildman–Crippen LogP) is 4.08. The number of aryl methyl sites for hydroxylation is 4. The molecule has 3 aromatic heterocycles. The van der Waals surface area contributed by atoms with Crippen LogP contribution in [0, 0.1) is 20.8 Å². The molecule has 0 fully saturated rings. The summed E-state index contributed by atoms with van der Waals surface area (Å²) in [6.45, 7) is 8.00. The molecular formula is C23H29N5O. The van der Waals surface area contributed by atoms with Crippen LogP contribution in [-0.4, -0.2) is 31.5 Å². The molecule has 152 valence electrons. The van der Waals surface area contributed by atoms with E-state index in [9.17, 15) is 0 Å². The Morgan fingerprint density at radius 2 is 1.72 bits per heavy atom.